The minimum atomic E-state index is -4.32. The van der Waals surface area contributed by atoms with Gasteiger partial charge in [-0.15, -0.1) is 0 Å². The van der Waals surface area contributed by atoms with Gasteiger partial charge in [-0.3, -0.25) is 0 Å². The number of nitrogens with one attached hydrogen (secondary N) is 2. The van der Waals surface area contributed by atoms with Gasteiger partial charge in [-0.25, -0.2) is 0 Å². The van der Waals surface area contributed by atoms with Gasteiger partial charge in [0, 0.05) is 0 Å². The Balaban J connectivity index is 1.43. The third-order valence-electron chi connectivity index (χ3n) is 5.80. The number of ether oxygens (including phenoxy) is 3. The van der Waals surface area contributed by atoms with Crippen LogP contribution in [0.25, 0.3) is 0 Å². The summed E-state index contributed by atoms with van der Waals surface area (Å²) in [5.74, 6) is -0.312. The van der Waals surface area contributed by atoms with Crippen LogP contribution in [0.3, 0.4) is 0 Å². The quantitative estimate of drug-likeness (QED) is 0.235. The summed E-state index contributed by atoms with van der Waals surface area (Å²) in [6.45, 7) is 4.42. The van der Waals surface area contributed by atoms with Crippen molar-refractivity contribution in [3.8, 4) is 5.75 Å². The third-order valence-corrected chi connectivity index (χ3v) is 7.81. The predicted molar refractivity (Wildman–Crippen MR) is 143 cm³/mol. The van der Waals surface area contributed by atoms with Gasteiger partial charge >= 0.3 is 225 Å². The first-order valence-electron chi connectivity index (χ1n) is 12.2. The fourth-order valence-corrected chi connectivity index (χ4v) is 5.64. The summed E-state index contributed by atoms with van der Waals surface area (Å²) < 4.78 is 29.6. The Labute approximate surface area is 225 Å². The average molecular weight is 562 g/mol. The van der Waals surface area contributed by atoms with Crippen molar-refractivity contribution in [3.05, 3.63) is 98.8 Å². The van der Waals surface area contributed by atoms with Crippen LogP contribution in [0.4, 0.5) is 0 Å². The zero-order valence-corrected chi connectivity index (χ0v) is 22.8. The van der Waals surface area contributed by atoms with Gasteiger partial charge in [0.05, 0.1) is 0 Å². The van der Waals surface area contributed by atoms with Gasteiger partial charge in [-0.1, -0.05) is 0 Å². The van der Waals surface area contributed by atoms with E-state index in [1.165, 1.54) is 10.8 Å². The summed E-state index contributed by atoms with van der Waals surface area (Å²) in [5.41, 5.74) is -1.38. The molecule has 2 atom stereocenters. The molecule has 0 radical (unpaired) electrons. The van der Waals surface area contributed by atoms with Gasteiger partial charge in [-0.05, 0) is 0 Å². The van der Waals surface area contributed by atoms with E-state index in [9.17, 15) is 19.3 Å². The fraction of sp³-hybridized carbons (Fsp3) is 0.346. The maximum absolute atomic E-state index is 12.9. The molecule has 1 fully saturated rings. The molecule has 13 heteroatoms. The first-order valence-corrected chi connectivity index (χ1v) is 14.0. The molecule has 0 spiro atoms. The van der Waals surface area contributed by atoms with Crippen LogP contribution in [0.5, 0.6) is 5.75 Å². The van der Waals surface area contributed by atoms with Crippen molar-refractivity contribution >= 4 is 14.1 Å². The Morgan fingerprint density at radius 2 is 1.82 bits per heavy atom. The molecule has 4 rings (SSSR count). The Hall–Kier alpha value is -3.38. The molecule has 1 aromatic heterocycles. The average Bonchev–Trinajstić information content (AvgIpc) is 3.38. The molecular weight excluding hydrogens is 529 g/mol. The SMILES string of the molecule is Cc1cn([C@H]2CO[C@@H](CO[PH](O)(NC(C)(C)C(=O)OCc3ccccc3)Oc3ccccc3)O2)c(=O)[nH]c1=O. The number of aromatic nitrogens is 2. The molecule has 2 heterocycles. The first-order chi connectivity index (χ1) is 18.5. The number of nitrogens with zero attached hydrogens (tertiary/aromatic N) is 1. The van der Waals surface area contributed by atoms with Crippen molar-refractivity contribution in [2.24, 2.45) is 0 Å². The molecule has 3 N–H and O–H groups in total. The van der Waals surface area contributed by atoms with Crippen molar-refractivity contribution in [2.45, 2.75) is 45.4 Å². The number of benzene rings is 2. The molecule has 1 aliphatic heterocycles. The standard InChI is InChI=1S/C26H32N3O9P/c1-18-14-29(25(32)27-23(18)30)21-16-34-22(37-21)17-36-39(33,38-20-12-8-5-9-13-20)28-26(2,3)24(31)35-15-19-10-6-4-7-11-19/h4-14,21-22,28,33,39H,15-17H2,1-3H3,(H,27,30,32)/t21-,22-/m1/s1. The van der Waals surface area contributed by atoms with Gasteiger partial charge in [0.25, 0.3) is 0 Å². The van der Waals surface area contributed by atoms with E-state index >= 15 is 0 Å². The predicted octanol–water partition coefficient (Wildman–Crippen LogP) is 2.33. The molecule has 1 saturated heterocycles. The summed E-state index contributed by atoms with van der Waals surface area (Å²) in [6.07, 6.45) is -0.404. The minimum absolute atomic E-state index is 0.00365. The summed E-state index contributed by atoms with van der Waals surface area (Å²) >= 11 is 0. The van der Waals surface area contributed by atoms with Crippen molar-refractivity contribution in [1.82, 2.24) is 14.6 Å². The van der Waals surface area contributed by atoms with Gasteiger partial charge in [0.2, 0.25) is 0 Å². The molecule has 2 aromatic carbocycles. The Morgan fingerprint density at radius 3 is 2.51 bits per heavy atom. The van der Waals surface area contributed by atoms with Gasteiger partial charge in [-0.2, -0.15) is 0 Å². The van der Waals surface area contributed by atoms with Crippen LogP contribution in [-0.2, 0) is 30.1 Å². The zero-order valence-electron chi connectivity index (χ0n) is 21.8. The summed E-state index contributed by atoms with van der Waals surface area (Å²) in [6, 6.07) is 17.7. The molecule has 0 bridgehead atoms. The van der Waals surface area contributed by atoms with Crippen LogP contribution in [0, 0.1) is 6.92 Å². The summed E-state index contributed by atoms with van der Waals surface area (Å²) in [7, 11) is -4.32. The van der Waals surface area contributed by atoms with E-state index in [2.05, 4.69) is 10.1 Å². The monoisotopic (exact) mass is 561 g/mol. The Morgan fingerprint density at radius 1 is 1.15 bits per heavy atom. The topological polar surface area (TPSA) is 150 Å². The van der Waals surface area contributed by atoms with E-state index < -0.39 is 43.4 Å². The van der Waals surface area contributed by atoms with E-state index in [4.69, 9.17) is 23.3 Å². The molecule has 0 aliphatic carbocycles. The van der Waals surface area contributed by atoms with Crippen molar-refractivity contribution in [1.29, 1.82) is 0 Å². The Bertz CT molecular complexity index is 1380. The maximum atomic E-state index is 12.9. The van der Waals surface area contributed by atoms with E-state index in [0.29, 0.717) is 11.3 Å². The molecule has 0 saturated carbocycles. The molecule has 1 aliphatic rings. The van der Waals surface area contributed by atoms with E-state index in [1.54, 1.807) is 51.1 Å². The van der Waals surface area contributed by atoms with Crippen molar-refractivity contribution < 1.29 is 32.9 Å². The molecule has 0 amide bonds. The number of para-hydroxylation sites is 1. The third kappa shape index (κ3) is 7.60. The van der Waals surface area contributed by atoms with Crippen LogP contribution in [0.15, 0.2) is 76.4 Å². The fourth-order valence-electron chi connectivity index (χ4n) is 3.75. The first kappa shape index (κ1) is 28.6. The van der Waals surface area contributed by atoms with Crippen LogP contribution >= 0.6 is 8.09 Å². The second-order valence-corrected chi connectivity index (χ2v) is 11.4. The second kappa shape index (κ2) is 12.2. The number of aromatic amines is 1. The van der Waals surface area contributed by atoms with Gasteiger partial charge in [0.15, 0.2) is 0 Å². The van der Waals surface area contributed by atoms with E-state index in [0.717, 1.165) is 5.56 Å². The normalized spacial score (nSPS) is 18.1. The van der Waals surface area contributed by atoms with Crippen LogP contribution < -0.4 is 20.9 Å². The zero-order chi connectivity index (χ0) is 28.0. The summed E-state index contributed by atoms with van der Waals surface area (Å²) in [5, 5.41) is 2.81. The number of rotatable bonds is 11. The van der Waals surface area contributed by atoms with Gasteiger partial charge in [0.1, 0.15) is 0 Å². The van der Waals surface area contributed by atoms with E-state index in [-0.39, 0.29) is 19.8 Å². The number of esters is 1. The Kier molecular flexibility index (Phi) is 8.96. The number of hydrogen-bond donors (Lipinski definition) is 3. The number of carbonyl (C=O) groups is 1. The number of aryl methyl sites for hydroxylation is 1. The van der Waals surface area contributed by atoms with Crippen LogP contribution in [0.1, 0.15) is 31.2 Å². The number of carbonyl (C=O) groups excluding carboxylic acids is 1. The molecule has 210 valence electrons. The van der Waals surface area contributed by atoms with E-state index in [1.807, 2.05) is 30.3 Å². The molecule has 0 unspecified atom stereocenters. The van der Waals surface area contributed by atoms with Crippen LogP contribution in [-0.4, -0.2) is 45.5 Å². The number of H-pyrrole nitrogens is 1. The van der Waals surface area contributed by atoms with Crippen molar-refractivity contribution in [3.63, 3.8) is 0 Å². The number of hydrogen-bond acceptors (Lipinski definition) is 10. The molecule has 39 heavy (non-hydrogen) atoms. The van der Waals surface area contributed by atoms with Crippen LogP contribution in [0.2, 0.25) is 0 Å². The van der Waals surface area contributed by atoms with Gasteiger partial charge < -0.3 is 0 Å². The molecule has 3 aromatic rings. The molecule has 12 nitrogen and oxygen atoms in total. The second-order valence-electron chi connectivity index (χ2n) is 9.45. The molecular formula is C26H32N3O9P. The summed E-state index contributed by atoms with van der Waals surface area (Å²) in [4.78, 5) is 50.5. The van der Waals surface area contributed by atoms with Crippen molar-refractivity contribution in [2.75, 3.05) is 13.2 Å².